The first-order valence-electron chi connectivity index (χ1n) is 5.59. The van der Waals surface area contributed by atoms with E-state index >= 15 is 0 Å². The van der Waals surface area contributed by atoms with Crippen LogP contribution < -0.4 is 0 Å². The highest BCUT2D eigenvalue weighted by Crippen LogP contribution is 2.05. The van der Waals surface area contributed by atoms with Gasteiger partial charge in [-0.3, -0.25) is 0 Å². The van der Waals surface area contributed by atoms with Gasteiger partial charge in [0, 0.05) is 11.4 Å². The van der Waals surface area contributed by atoms with Crippen molar-refractivity contribution in [2.24, 2.45) is 0 Å². The molecule has 0 saturated heterocycles. The van der Waals surface area contributed by atoms with Crippen molar-refractivity contribution in [1.29, 1.82) is 0 Å². The summed E-state index contributed by atoms with van der Waals surface area (Å²) in [6, 6.07) is 2.13. The number of aryl methyl sites for hydroxylation is 2. The van der Waals surface area contributed by atoms with Crippen LogP contribution in [0.4, 0.5) is 0 Å². The molecule has 1 heterocycles. The Balaban J connectivity index is 2.50. The van der Waals surface area contributed by atoms with Gasteiger partial charge in [0.25, 0.3) is 0 Å². The van der Waals surface area contributed by atoms with Crippen LogP contribution in [0.1, 0.15) is 50.9 Å². The molecule has 0 aliphatic carbocycles. The minimum absolute atomic E-state index is 1.06. The summed E-state index contributed by atoms with van der Waals surface area (Å²) in [4.78, 5) is 8.30. The molecular formula is C12H19N2. The minimum Gasteiger partial charge on any atom is -0.230 e. The first kappa shape index (κ1) is 11.2. The quantitative estimate of drug-likeness (QED) is 0.691. The number of aromatic nitrogens is 2. The van der Waals surface area contributed by atoms with Crippen molar-refractivity contribution in [3.8, 4) is 0 Å². The Morgan fingerprint density at radius 3 is 1.93 bits per heavy atom. The van der Waals surface area contributed by atoms with Gasteiger partial charge < -0.3 is 0 Å². The number of nitrogens with zero attached hydrogens (tertiary/aromatic N) is 2. The summed E-state index contributed by atoms with van der Waals surface area (Å²) in [6.07, 6.45) is 9.72. The molecule has 0 aliphatic heterocycles. The van der Waals surface area contributed by atoms with Gasteiger partial charge in [0.1, 0.15) is 0 Å². The summed E-state index contributed by atoms with van der Waals surface area (Å²) >= 11 is 0. The summed E-state index contributed by atoms with van der Waals surface area (Å²) in [6.45, 7) is 4.39. The van der Waals surface area contributed by atoms with E-state index in [2.05, 4.69) is 36.2 Å². The molecule has 77 valence electrons. The van der Waals surface area contributed by atoms with Gasteiger partial charge in [-0.05, 0) is 31.7 Å². The molecule has 2 nitrogen and oxygen atoms in total. The molecule has 1 radical (unpaired) electrons. The van der Waals surface area contributed by atoms with Gasteiger partial charge in [-0.25, -0.2) is 9.97 Å². The molecule has 0 fully saturated rings. The average molecular weight is 191 g/mol. The molecule has 0 spiro atoms. The Bertz CT molecular complexity index is 235. The van der Waals surface area contributed by atoms with E-state index in [9.17, 15) is 0 Å². The van der Waals surface area contributed by atoms with Crippen LogP contribution in [0.5, 0.6) is 0 Å². The summed E-state index contributed by atoms with van der Waals surface area (Å²) < 4.78 is 0. The Kier molecular flexibility index (Phi) is 5.20. The number of unbranched alkanes of at least 4 members (excludes halogenated alkanes) is 2. The van der Waals surface area contributed by atoms with E-state index in [0.717, 1.165) is 24.2 Å². The number of hydrogen-bond acceptors (Lipinski definition) is 2. The maximum atomic E-state index is 4.15. The van der Waals surface area contributed by atoms with Crippen LogP contribution in [0.25, 0.3) is 0 Å². The van der Waals surface area contributed by atoms with Gasteiger partial charge in [0.2, 0.25) is 0 Å². The van der Waals surface area contributed by atoms with Gasteiger partial charge in [0.15, 0.2) is 6.33 Å². The van der Waals surface area contributed by atoms with E-state index in [-0.39, 0.29) is 0 Å². The lowest BCUT2D eigenvalue weighted by Gasteiger charge is -2.01. The van der Waals surface area contributed by atoms with Crippen molar-refractivity contribution in [2.45, 2.75) is 52.4 Å². The van der Waals surface area contributed by atoms with Crippen molar-refractivity contribution < 1.29 is 0 Å². The smallest absolute Gasteiger partial charge is 0.198 e. The summed E-state index contributed by atoms with van der Waals surface area (Å²) in [7, 11) is 0. The fourth-order valence-corrected chi connectivity index (χ4v) is 1.38. The van der Waals surface area contributed by atoms with Crippen LogP contribution >= 0.6 is 0 Å². The summed E-state index contributed by atoms with van der Waals surface area (Å²) in [5.41, 5.74) is 2.29. The average Bonchev–Trinajstić information content (AvgIpc) is 2.24. The van der Waals surface area contributed by atoms with Crippen LogP contribution in [0, 0.1) is 6.33 Å². The molecule has 0 saturated carbocycles. The Labute approximate surface area is 86.8 Å². The zero-order valence-corrected chi connectivity index (χ0v) is 9.21. The van der Waals surface area contributed by atoms with Crippen molar-refractivity contribution in [2.75, 3.05) is 0 Å². The second kappa shape index (κ2) is 6.52. The van der Waals surface area contributed by atoms with Crippen molar-refractivity contribution in [3.05, 3.63) is 23.8 Å². The van der Waals surface area contributed by atoms with E-state index in [4.69, 9.17) is 0 Å². The van der Waals surface area contributed by atoms with E-state index < -0.39 is 0 Å². The first-order valence-corrected chi connectivity index (χ1v) is 5.59. The van der Waals surface area contributed by atoms with Crippen molar-refractivity contribution in [1.82, 2.24) is 9.97 Å². The largest absolute Gasteiger partial charge is 0.230 e. The molecule has 0 amide bonds. The van der Waals surface area contributed by atoms with E-state index in [0.29, 0.717) is 0 Å². The van der Waals surface area contributed by atoms with Crippen molar-refractivity contribution >= 4 is 0 Å². The maximum absolute atomic E-state index is 4.15. The van der Waals surface area contributed by atoms with Gasteiger partial charge in [-0.1, -0.05) is 26.7 Å². The molecule has 0 atom stereocenters. The molecule has 2 heteroatoms. The van der Waals surface area contributed by atoms with Crippen LogP contribution in [0.3, 0.4) is 0 Å². The van der Waals surface area contributed by atoms with Gasteiger partial charge in [-0.15, -0.1) is 0 Å². The molecule has 1 rings (SSSR count). The lowest BCUT2D eigenvalue weighted by Crippen LogP contribution is -1.96. The maximum Gasteiger partial charge on any atom is 0.198 e. The standard InChI is InChI=1S/C12H19N2/c1-3-5-7-11-9-12(8-6-4-2)14-10-13-11/h9H,3-8H2,1-2H3. The fraction of sp³-hybridized carbons (Fsp3) is 0.667. The molecule has 14 heavy (non-hydrogen) atoms. The summed E-state index contributed by atoms with van der Waals surface area (Å²) in [5.74, 6) is 0. The molecule has 0 aliphatic rings. The van der Waals surface area contributed by atoms with Crippen LogP contribution in [-0.4, -0.2) is 9.97 Å². The Morgan fingerprint density at radius 2 is 1.50 bits per heavy atom. The Morgan fingerprint density at radius 1 is 1.00 bits per heavy atom. The highest BCUT2D eigenvalue weighted by Gasteiger charge is 1.98. The van der Waals surface area contributed by atoms with Gasteiger partial charge >= 0.3 is 0 Å². The van der Waals surface area contributed by atoms with Crippen LogP contribution in [0.2, 0.25) is 0 Å². The lowest BCUT2D eigenvalue weighted by atomic mass is 10.1. The minimum atomic E-state index is 1.06. The van der Waals surface area contributed by atoms with Crippen molar-refractivity contribution in [3.63, 3.8) is 0 Å². The molecular weight excluding hydrogens is 172 g/mol. The molecule has 0 N–H and O–H groups in total. The molecule has 0 bridgehead atoms. The van der Waals surface area contributed by atoms with E-state index in [1.165, 1.54) is 25.7 Å². The molecule has 1 aromatic heterocycles. The zero-order valence-electron chi connectivity index (χ0n) is 9.21. The number of rotatable bonds is 6. The molecule has 0 unspecified atom stereocenters. The van der Waals surface area contributed by atoms with Crippen LogP contribution in [0.15, 0.2) is 6.07 Å². The third kappa shape index (κ3) is 3.86. The predicted molar refractivity (Wildman–Crippen MR) is 58.1 cm³/mol. The van der Waals surface area contributed by atoms with Crippen LogP contribution in [-0.2, 0) is 12.8 Å². The second-order valence-electron chi connectivity index (χ2n) is 3.66. The fourth-order valence-electron chi connectivity index (χ4n) is 1.38. The third-order valence-corrected chi connectivity index (χ3v) is 2.29. The van der Waals surface area contributed by atoms with E-state index in [1.54, 1.807) is 0 Å². The lowest BCUT2D eigenvalue weighted by molar-refractivity contribution is 0.746. The molecule has 0 aromatic carbocycles. The molecule has 1 aromatic rings. The van der Waals surface area contributed by atoms with Gasteiger partial charge in [-0.2, -0.15) is 0 Å². The highest BCUT2D eigenvalue weighted by atomic mass is 14.8. The highest BCUT2D eigenvalue weighted by molar-refractivity contribution is 5.08. The normalized spacial score (nSPS) is 10.4. The SMILES string of the molecule is CCCCc1cc(CCCC)n[c]n1. The third-order valence-electron chi connectivity index (χ3n) is 2.29. The topological polar surface area (TPSA) is 25.8 Å². The zero-order chi connectivity index (χ0) is 10.2. The van der Waals surface area contributed by atoms with Gasteiger partial charge in [0.05, 0.1) is 0 Å². The van der Waals surface area contributed by atoms with E-state index in [1.807, 2.05) is 0 Å². The monoisotopic (exact) mass is 191 g/mol. The Hall–Kier alpha value is -0.920. The first-order chi connectivity index (χ1) is 6.86. The summed E-state index contributed by atoms with van der Waals surface area (Å²) in [5, 5.41) is 0. The second-order valence-corrected chi connectivity index (χ2v) is 3.66. The predicted octanol–water partition coefficient (Wildman–Crippen LogP) is 2.96. The number of hydrogen-bond donors (Lipinski definition) is 0.